The van der Waals surface area contributed by atoms with Gasteiger partial charge >= 0.3 is 5.97 Å². The number of rotatable bonds is 13. The highest BCUT2D eigenvalue weighted by Crippen LogP contribution is 2.32. The number of carbonyl (C=O) groups excluding carboxylic acids is 1. The van der Waals surface area contributed by atoms with Gasteiger partial charge in [-0.2, -0.15) is 0 Å². The average Bonchev–Trinajstić information content (AvgIpc) is 2.81. The van der Waals surface area contributed by atoms with Gasteiger partial charge in [0, 0.05) is 5.56 Å². The van der Waals surface area contributed by atoms with Crippen molar-refractivity contribution < 1.29 is 24.5 Å². The first kappa shape index (κ1) is 29.4. The van der Waals surface area contributed by atoms with Crippen LogP contribution in [0, 0.1) is 25.7 Å². The molecule has 0 radical (unpaired) electrons. The number of aliphatic carboxylic acids is 1. The van der Waals surface area contributed by atoms with Gasteiger partial charge in [0.05, 0.1) is 0 Å². The molecule has 0 fully saturated rings. The predicted octanol–water partition coefficient (Wildman–Crippen LogP) is 5.67. The molecule has 0 saturated heterocycles. The number of carbonyl (C=O) groups is 2. The molecule has 1 unspecified atom stereocenters. The van der Waals surface area contributed by atoms with Gasteiger partial charge in [-0.3, -0.25) is 9.59 Å². The van der Waals surface area contributed by atoms with E-state index in [1.165, 1.54) is 5.56 Å². The van der Waals surface area contributed by atoms with E-state index in [0.29, 0.717) is 11.5 Å². The number of hydrogen-bond acceptors (Lipinski definition) is 4. The van der Waals surface area contributed by atoms with Crippen LogP contribution in [0.1, 0.15) is 86.0 Å². The van der Waals surface area contributed by atoms with Crippen molar-refractivity contribution in [3.05, 3.63) is 64.2 Å². The van der Waals surface area contributed by atoms with E-state index in [2.05, 4.69) is 24.4 Å². The predicted molar refractivity (Wildman–Crippen MR) is 144 cm³/mol. The third-order valence-corrected chi connectivity index (χ3v) is 7.34. The monoisotopic (exact) mass is 497 g/mol. The normalized spacial score (nSPS) is 12.6. The molecule has 198 valence electrons. The van der Waals surface area contributed by atoms with Crippen LogP contribution in [0.15, 0.2) is 36.4 Å². The molecule has 0 aliphatic heterocycles. The highest BCUT2D eigenvalue weighted by molar-refractivity contribution is 5.97. The van der Waals surface area contributed by atoms with Crippen LogP contribution in [0.3, 0.4) is 0 Å². The molecular formula is C30H43NO5. The van der Waals surface area contributed by atoms with Crippen molar-refractivity contribution in [3.63, 3.8) is 0 Å². The molecular weight excluding hydrogens is 454 g/mol. The molecule has 2 aromatic carbocycles. The molecule has 0 bridgehead atoms. The molecule has 6 nitrogen and oxygen atoms in total. The topological polar surface area (TPSA) is 95.9 Å². The average molecular weight is 498 g/mol. The highest BCUT2D eigenvalue weighted by atomic mass is 16.5. The van der Waals surface area contributed by atoms with Crippen LogP contribution in [0.5, 0.6) is 5.75 Å². The third kappa shape index (κ3) is 7.57. The minimum absolute atomic E-state index is 0.0957. The summed E-state index contributed by atoms with van der Waals surface area (Å²) in [6, 6.07) is 12.1. The van der Waals surface area contributed by atoms with E-state index in [-0.39, 0.29) is 24.3 Å². The lowest BCUT2D eigenvalue weighted by atomic mass is 9.81. The first-order valence-corrected chi connectivity index (χ1v) is 12.9. The maximum atomic E-state index is 12.2. The van der Waals surface area contributed by atoms with Crippen LogP contribution >= 0.6 is 0 Å². The van der Waals surface area contributed by atoms with Crippen molar-refractivity contribution in [2.24, 2.45) is 11.8 Å². The van der Waals surface area contributed by atoms with E-state index in [1.807, 2.05) is 59.7 Å². The van der Waals surface area contributed by atoms with Crippen LogP contribution in [-0.2, 0) is 11.2 Å². The smallest absolute Gasteiger partial charge is 0.322 e. The number of nitrogens with one attached hydrogen (secondary N) is 1. The summed E-state index contributed by atoms with van der Waals surface area (Å²) in [4.78, 5) is 22.9. The molecule has 3 N–H and O–H groups in total. The van der Waals surface area contributed by atoms with Crippen molar-refractivity contribution >= 4 is 11.9 Å². The van der Waals surface area contributed by atoms with Gasteiger partial charge in [0.1, 0.15) is 24.5 Å². The SMILES string of the molecule is CCC(CCc1ccc(C(=O)NCC(=O)O)c(C)c1)c1ccc(OCC(O)(C(C)C)C(C)C)c(C)c1. The lowest BCUT2D eigenvalue weighted by Crippen LogP contribution is -2.46. The number of benzene rings is 2. The maximum absolute atomic E-state index is 12.2. The minimum atomic E-state index is -1.06. The van der Waals surface area contributed by atoms with Gasteiger partial charge in [0.2, 0.25) is 0 Å². The Kier molecular flexibility index (Phi) is 10.5. The number of ether oxygens (including phenoxy) is 1. The van der Waals surface area contributed by atoms with Gasteiger partial charge in [0.25, 0.3) is 5.91 Å². The second kappa shape index (κ2) is 12.9. The van der Waals surface area contributed by atoms with Gasteiger partial charge in [-0.05, 0) is 85.3 Å². The van der Waals surface area contributed by atoms with Crippen molar-refractivity contribution in [3.8, 4) is 5.75 Å². The highest BCUT2D eigenvalue weighted by Gasteiger charge is 2.35. The number of carboxylic acids is 1. The van der Waals surface area contributed by atoms with E-state index in [0.717, 1.165) is 41.7 Å². The van der Waals surface area contributed by atoms with Crippen molar-refractivity contribution in [1.29, 1.82) is 0 Å². The minimum Gasteiger partial charge on any atom is -0.490 e. The van der Waals surface area contributed by atoms with Crippen molar-refractivity contribution in [2.75, 3.05) is 13.2 Å². The molecule has 2 rings (SSSR count). The largest absolute Gasteiger partial charge is 0.490 e. The van der Waals surface area contributed by atoms with Crippen molar-refractivity contribution in [2.45, 2.75) is 79.2 Å². The molecule has 1 atom stereocenters. The summed E-state index contributed by atoms with van der Waals surface area (Å²) >= 11 is 0. The number of carboxylic acid groups (broad SMARTS) is 1. The summed E-state index contributed by atoms with van der Waals surface area (Å²) in [5.74, 6) is -0.0473. The van der Waals surface area contributed by atoms with E-state index >= 15 is 0 Å². The maximum Gasteiger partial charge on any atom is 0.322 e. The Balaban J connectivity index is 2.05. The first-order valence-electron chi connectivity index (χ1n) is 12.9. The van der Waals surface area contributed by atoms with E-state index in [4.69, 9.17) is 9.84 Å². The molecule has 0 aromatic heterocycles. The molecule has 6 heteroatoms. The van der Waals surface area contributed by atoms with Crippen LogP contribution < -0.4 is 10.1 Å². The standard InChI is InChI=1S/C30H43NO5/c1-8-24(11-9-23-10-13-26(21(6)15-23)29(34)31-17-28(32)33)25-12-14-27(22(7)16-25)36-18-30(35,19(2)3)20(4)5/h10,12-16,19-20,24,35H,8-9,11,17-18H2,1-7H3,(H,31,34)(H,32,33). The molecule has 0 heterocycles. The third-order valence-electron chi connectivity index (χ3n) is 7.34. The Labute approximate surface area is 216 Å². The van der Waals surface area contributed by atoms with Gasteiger partial charge in [-0.15, -0.1) is 0 Å². The first-order chi connectivity index (χ1) is 16.9. The molecule has 0 aliphatic rings. The summed E-state index contributed by atoms with van der Waals surface area (Å²) in [6.45, 7) is 14.1. The summed E-state index contributed by atoms with van der Waals surface area (Å²) in [5.41, 5.74) is 3.95. The van der Waals surface area contributed by atoms with Gasteiger partial charge < -0.3 is 20.3 Å². The lowest BCUT2D eigenvalue weighted by Gasteiger charge is -2.36. The lowest BCUT2D eigenvalue weighted by molar-refractivity contribution is -0.135. The fourth-order valence-corrected chi connectivity index (χ4v) is 4.62. The molecule has 1 amide bonds. The quantitative estimate of drug-likeness (QED) is 0.332. The second-order valence-corrected chi connectivity index (χ2v) is 10.5. The summed E-state index contributed by atoms with van der Waals surface area (Å²) in [6.07, 6.45) is 2.86. The fraction of sp³-hybridized carbons (Fsp3) is 0.533. The zero-order chi connectivity index (χ0) is 27.0. The zero-order valence-corrected chi connectivity index (χ0v) is 22.9. The Hall–Kier alpha value is -2.86. The Morgan fingerprint density at radius 1 is 1.00 bits per heavy atom. The molecule has 0 saturated carbocycles. The van der Waals surface area contributed by atoms with Gasteiger partial charge in [0.15, 0.2) is 0 Å². The Morgan fingerprint density at radius 2 is 1.67 bits per heavy atom. The molecule has 0 aliphatic carbocycles. The van der Waals surface area contributed by atoms with Crippen molar-refractivity contribution in [1.82, 2.24) is 5.32 Å². The number of hydrogen-bond donors (Lipinski definition) is 3. The second-order valence-electron chi connectivity index (χ2n) is 10.5. The Morgan fingerprint density at radius 3 is 2.19 bits per heavy atom. The van der Waals surface area contributed by atoms with Crippen LogP contribution in [0.4, 0.5) is 0 Å². The molecule has 36 heavy (non-hydrogen) atoms. The fourth-order valence-electron chi connectivity index (χ4n) is 4.62. The van der Waals surface area contributed by atoms with Crippen LogP contribution in [0.25, 0.3) is 0 Å². The van der Waals surface area contributed by atoms with E-state index < -0.39 is 18.1 Å². The van der Waals surface area contributed by atoms with E-state index in [9.17, 15) is 14.7 Å². The summed E-state index contributed by atoms with van der Waals surface area (Å²) < 4.78 is 6.08. The van der Waals surface area contributed by atoms with Crippen LogP contribution in [-0.4, -0.2) is 40.8 Å². The summed E-state index contributed by atoms with van der Waals surface area (Å²) in [7, 11) is 0. The molecule has 2 aromatic rings. The molecule has 0 spiro atoms. The van der Waals surface area contributed by atoms with E-state index in [1.54, 1.807) is 6.07 Å². The number of aliphatic hydroxyl groups is 1. The van der Waals surface area contributed by atoms with Gasteiger partial charge in [-0.1, -0.05) is 58.9 Å². The zero-order valence-electron chi connectivity index (χ0n) is 22.9. The number of aryl methyl sites for hydroxylation is 3. The van der Waals surface area contributed by atoms with Gasteiger partial charge in [-0.25, -0.2) is 0 Å². The number of amides is 1. The van der Waals surface area contributed by atoms with Crippen LogP contribution in [0.2, 0.25) is 0 Å². The Bertz CT molecular complexity index is 1040. The summed E-state index contributed by atoms with van der Waals surface area (Å²) in [5, 5.41) is 22.2.